The Balaban J connectivity index is 1.83. The van der Waals surface area contributed by atoms with Gasteiger partial charge in [0.25, 0.3) is 0 Å². The van der Waals surface area contributed by atoms with Gasteiger partial charge in [-0.3, -0.25) is 4.79 Å². The summed E-state index contributed by atoms with van der Waals surface area (Å²) >= 11 is 1.66. The van der Waals surface area contributed by atoms with Crippen LogP contribution < -0.4 is 11.1 Å². The van der Waals surface area contributed by atoms with Gasteiger partial charge in [0.1, 0.15) is 0 Å². The second-order valence-corrected chi connectivity index (χ2v) is 6.67. The van der Waals surface area contributed by atoms with E-state index in [2.05, 4.69) is 21.7 Å². The van der Waals surface area contributed by atoms with E-state index < -0.39 is 0 Å². The molecule has 0 aliphatic carbocycles. The highest BCUT2D eigenvalue weighted by atomic mass is 32.1. The largest absolute Gasteiger partial charge is 0.369 e. The van der Waals surface area contributed by atoms with Crippen molar-refractivity contribution in [1.29, 1.82) is 0 Å². The van der Waals surface area contributed by atoms with Crippen LogP contribution in [0.25, 0.3) is 0 Å². The molecule has 0 aromatic carbocycles. The molecule has 0 spiro atoms. The van der Waals surface area contributed by atoms with Gasteiger partial charge in [0, 0.05) is 25.6 Å². The molecule has 3 N–H and O–H groups in total. The van der Waals surface area contributed by atoms with Gasteiger partial charge in [-0.2, -0.15) is 11.3 Å². The minimum absolute atomic E-state index is 0.0648. The molecule has 1 aliphatic rings. The van der Waals surface area contributed by atoms with E-state index in [0.717, 1.165) is 0 Å². The molecule has 22 heavy (non-hydrogen) atoms. The fraction of sp³-hybridized carbons (Fsp3) is 0.600. The van der Waals surface area contributed by atoms with Gasteiger partial charge in [0.15, 0.2) is 0 Å². The third-order valence-electron chi connectivity index (χ3n) is 4.18. The molecule has 3 amide bonds. The lowest BCUT2D eigenvalue weighted by Gasteiger charge is -2.32. The van der Waals surface area contributed by atoms with Crippen LogP contribution in [0.15, 0.2) is 16.8 Å². The summed E-state index contributed by atoms with van der Waals surface area (Å²) in [6, 6.07) is 2.18. The first-order valence-electron chi connectivity index (χ1n) is 7.49. The number of nitrogens with two attached hydrogens (primary N) is 1. The van der Waals surface area contributed by atoms with Gasteiger partial charge in [-0.05, 0) is 49.3 Å². The van der Waals surface area contributed by atoms with Crippen LogP contribution >= 0.6 is 11.3 Å². The lowest BCUT2D eigenvalue weighted by molar-refractivity contribution is -0.123. The summed E-state index contributed by atoms with van der Waals surface area (Å²) in [5.41, 5.74) is 6.52. The summed E-state index contributed by atoms with van der Waals surface area (Å²) in [4.78, 5) is 27.3. The number of rotatable bonds is 5. The number of hydrogen-bond acceptors (Lipinski definition) is 4. The smallest absolute Gasteiger partial charge is 0.317 e. The molecule has 2 rings (SSSR count). The van der Waals surface area contributed by atoms with E-state index in [1.165, 1.54) is 5.56 Å². The van der Waals surface area contributed by atoms with Crippen LogP contribution in [0.5, 0.6) is 0 Å². The van der Waals surface area contributed by atoms with Crippen molar-refractivity contribution < 1.29 is 9.59 Å². The van der Waals surface area contributed by atoms with Crippen molar-refractivity contribution in [2.45, 2.75) is 18.9 Å². The maximum absolute atomic E-state index is 12.3. The summed E-state index contributed by atoms with van der Waals surface area (Å²) in [7, 11) is 4.01. The van der Waals surface area contributed by atoms with E-state index in [9.17, 15) is 9.59 Å². The molecule has 1 atom stereocenters. The lowest BCUT2D eigenvalue weighted by atomic mass is 9.96. The van der Waals surface area contributed by atoms with Crippen molar-refractivity contribution in [1.82, 2.24) is 15.1 Å². The Morgan fingerprint density at radius 1 is 1.45 bits per heavy atom. The van der Waals surface area contributed by atoms with Crippen LogP contribution in [0.1, 0.15) is 24.4 Å². The fourth-order valence-electron chi connectivity index (χ4n) is 2.73. The zero-order valence-corrected chi connectivity index (χ0v) is 13.9. The molecule has 0 unspecified atom stereocenters. The molecular weight excluding hydrogens is 300 g/mol. The first-order chi connectivity index (χ1) is 10.5. The van der Waals surface area contributed by atoms with Crippen LogP contribution in [0.2, 0.25) is 0 Å². The number of carbonyl (C=O) groups excluding carboxylic acids is 2. The predicted molar refractivity (Wildman–Crippen MR) is 87.6 cm³/mol. The van der Waals surface area contributed by atoms with Crippen molar-refractivity contribution in [2.24, 2.45) is 11.7 Å². The number of likely N-dealkylation sites (tertiary alicyclic amines) is 1. The first kappa shape index (κ1) is 16.8. The molecule has 0 saturated carbocycles. The van der Waals surface area contributed by atoms with Crippen molar-refractivity contribution in [3.8, 4) is 0 Å². The Morgan fingerprint density at radius 2 is 2.14 bits per heavy atom. The van der Waals surface area contributed by atoms with E-state index in [1.54, 1.807) is 16.2 Å². The molecule has 0 bridgehead atoms. The number of thiophene rings is 1. The van der Waals surface area contributed by atoms with Gasteiger partial charge in [-0.1, -0.05) is 0 Å². The highest BCUT2D eigenvalue weighted by Crippen LogP contribution is 2.20. The van der Waals surface area contributed by atoms with Gasteiger partial charge in [0.2, 0.25) is 5.91 Å². The maximum atomic E-state index is 12.3. The van der Waals surface area contributed by atoms with E-state index in [4.69, 9.17) is 5.73 Å². The highest BCUT2D eigenvalue weighted by Gasteiger charge is 2.26. The molecular formula is C15H24N4O2S. The zero-order valence-electron chi connectivity index (χ0n) is 13.1. The van der Waals surface area contributed by atoms with Gasteiger partial charge < -0.3 is 20.9 Å². The number of primary amides is 1. The Hall–Kier alpha value is -1.60. The molecule has 1 saturated heterocycles. The minimum atomic E-state index is -0.259. The number of nitrogens with zero attached hydrogens (tertiary/aromatic N) is 2. The zero-order chi connectivity index (χ0) is 16.1. The van der Waals surface area contributed by atoms with Crippen LogP contribution in [0, 0.1) is 5.92 Å². The number of nitrogens with one attached hydrogen (secondary N) is 1. The summed E-state index contributed by atoms with van der Waals surface area (Å²) < 4.78 is 0. The van der Waals surface area contributed by atoms with Crippen LogP contribution in [0.4, 0.5) is 4.79 Å². The maximum Gasteiger partial charge on any atom is 0.317 e. The quantitative estimate of drug-likeness (QED) is 0.856. The van der Waals surface area contributed by atoms with E-state index in [0.29, 0.717) is 32.5 Å². The molecule has 1 fully saturated rings. The average molecular weight is 324 g/mol. The number of piperidine rings is 1. The Morgan fingerprint density at radius 3 is 2.64 bits per heavy atom. The van der Waals surface area contributed by atoms with E-state index in [-0.39, 0.29) is 23.9 Å². The second-order valence-electron chi connectivity index (χ2n) is 5.89. The molecule has 2 heterocycles. The molecule has 0 radical (unpaired) electrons. The molecule has 1 aromatic heterocycles. The van der Waals surface area contributed by atoms with Crippen molar-refractivity contribution in [2.75, 3.05) is 33.7 Å². The second kappa shape index (κ2) is 7.60. The predicted octanol–water partition coefficient (Wildman–Crippen LogP) is 1.26. The van der Waals surface area contributed by atoms with Gasteiger partial charge >= 0.3 is 6.03 Å². The van der Waals surface area contributed by atoms with Gasteiger partial charge in [0.05, 0.1) is 6.04 Å². The molecule has 7 heteroatoms. The monoisotopic (exact) mass is 324 g/mol. The summed E-state index contributed by atoms with van der Waals surface area (Å²) in [6.07, 6.45) is 1.31. The first-order valence-corrected chi connectivity index (χ1v) is 8.44. The number of likely N-dealkylation sites (N-methyl/N-ethyl adjacent to an activating group) is 1. The third kappa shape index (κ3) is 4.20. The van der Waals surface area contributed by atoms with E-state index >= 15 is 0 Å². The number of carbonyl (C=O) groups is 2. The highest BCUT2D eigenvalue weighted by molar-refractivity contribution is 7.07. The Bertz CT molecular complexity index is 496. The van der Waals surface area contributed by atoms with Gasteiger partial charge in [-0.25, -0.2) is 4.79 Å². The van der Waals surface area contributed by atoms with Crippen molar-refractivity contribution in [3.63, 3.8) is 0 Å². The lowest BCUT2D eigenvalue weighted by Crippen LogP contribution is -2.47. The summed E-state index contributed by atoms with van der Waals surface area (Å²) in [6.45, 7) is 1.74. The van der Waals surface area contributed by atoms with Crippen LogP contribution in [0.3, 0.4) is 0 Å². The van der Waals surface area contributed by atoms with Gasteiger partial charge in [-0.15, -0.1) is 0 Å². The summed E-state index contributed by atoms with van der Waals surface area (Å²) in [5.74, 6) is -0.352. The minimum Gasteiger partial charge on any atom is -0.369 e. The molecule has 1 aliphatic heterocycles. The molecule has 122 valence electrons. The SMILES string of the molecule is CN(C)[C@@H](CNC(=O)N1CCC(C(N)=O)CC1)c1ccsc1. The topological polar surface area (TPSA) is 78.7 Å². The fourth-order valence-corrected chi connectivity index (χ4v) is 3.43. The average Bonchev–Trinajstić information content (AvgIpc) is 3.01. The van der Waals surface area contributed by atoms with E-state index in [1.807, 2.05) is 19.5 Å². The third-order valence-corrected chi connectivity index (χ3v) is 4.88. The number of hydrogen-bond donors (Lipinski definition) is 2. The van der Waals surface area contributed by atoms with Crippen LogP contribution in [-0.2, 0) is 4.79 Å². The Kier molecular flexibility index (Phi) is 5.79. The van der Waals surface area contributed by atoms with Crippen molar-refractivity contribution >= 4 is 23.3 Å². The number of amides is 3. The normalized spacial score (nSPS) is 17.5. The molecule has 1 aromatic rings. The van der Waals surface area contributed by atoms with Crippen LogP contribution in [-0.4, -0.2) is 55.5 Å². The summed E-state index contributed by atoms with van der Waals surface area (Å²) in [5, 5.41) is 7.15. The standard InChI is InChI=1S/C15H24N4O2S/c1-18(2)13(12-5-8-22-10-12)9-17-15(21)19-6-3-11(4-7-19)14(16)20/h5,8,10-11,13H,3-4,6-7,9H2,1-2H3,(H2,16,20)(H,17,21)/t13-/m0/s1. The molecule has 6 nitrogen and oxygen atoms in total. The number of urea groups is 1. The van der Waals surface area contributed by atoms with Crippen molar-refractivity contribution in [3.05, 3.63) is 22.4 Å². The Labute approximate surface area is 135 Å².